The van der Waals surface area contributed by atoms with E-state index in [9.17, 15) is 9.59 Å². The number of carbonyl (C=O) groups excluding carboxylic acids is 2. The number of carbonyl (C=O) groups is 2. The van der Waals surface area contributed by atoms with E-state index in [0.717, 1.165) is 39.4 Å². The molecule has 1 heterocycles. The lowest BCUT2D eigenvalue weighted by Crippen LogP contribution is -2.41. The second kappa shape index (κ2) is 7.35. The van der Waals surface area contributed by atoms with Crippen LogP contribution in [-0.4, -0.2) is 40.1 Å². The van der Waals surface area contributed by atoms with Crippen LogP contribution in [0.25, 0.3) is 0 Å². The summed E-state index contributed by atoms with van der Waals surface area (Å²) in [6, 6.07) is 19.6. The Bertz CT molecular complexity index is 1250. The number of hydrogen-bond donors (Lipinski definition) is 0. The van der Waals surface area contributed by atoms with Crippen LogP contribution in [0.3, 0.4) is 0 Å². The lowest BCUT2D eigenvalue weighted by atomic mass is 9.55. The van der Waals surface area contributed by atoms with Crippen molar-refractivity contribution >= 4 is 23.2 Å². The van der Waals surface area contributed by atoms with Gasteiger partial charge >= 0.3 is 0 Å². The number of rotatable bonds is 4. The van der Waals surface area contributed by atoms with Gasteiger partial charge in [0.25, 0.3) is 0 Å². The molecule has 1 aliphatic heterocycles. The number of amides is 2. The van der Waals surface area contributed by atoms with Crippen LogP contribution in [-0.2, 0) is 9.59 Å². The van der Waals surface area contributed by atoms with Gasteiger partial charge < -0.3 is 14.4 Å². The Morgan fingerprint density at radius 2 is 1.15 bits per heavy atom. The molecule has 7 rings (SSSR count). The zero-order valence-electron chi connectivity index (χ0n) is 19.6. The number of ether oxygens (including phenoxy) is 2. The molecule has 0 saturated carbocycles. The minimum Gasteiger partial charge on any atom is -0.497 e. The first-order chi connectivity index (χ1) is 16.4. The van der Waals surface area contributed by atoms with Gasteiger partial charge in [0, 0.05) is 31.6 Å². The maximum absolute atomic E-state index is 13.9. The van der Waals surface area contributed by atoms with Crippen molar-refractivity contribution in [1.29, 1.82) is 0 Å². The second-order valence-electron chi connectivity index (χ2n) is 9.42. The molecule has 1 saturated heterocycles. The maximum Gasteiger partial charge on any atom is 0.238 e. The third-order valence-electron chi connectivity index (χ3n) is 7.67. The highest BCUT2D eigenvalue weighted by Crippen LogP contribution is 2.62. The zero-order valence-corrected chi connectivity index (χ0v) is 19.6. The number of anilines is 2. The molecule has 1 fully saturated rings. The fourth-order valence-electron chi connectivity index (χ4n) is 6.14. The predicted molar refractivity (Wildman–Crippen MR) is 130 cm³/mol. The topological polar surface area (TPSA) is 59.1 Å². The lowest BCUT2D eigenvalue weighted by molar-refractivity contribution is -0.122. The molecule has 3 aromatic rings. The van der Waals surface area contributed by atoms with Crippen LogP contribution >= 0.6 is 0 Å². The summed E-state index contributed by atoms with van der Waals surface area (Å²) in [5.41, 5.74) is 5.98. The molecule has 0 unspecified atom stereocenters. The van der Waals surface area contributed by atoms with Gasteiger partial charge in [-0.15, -0.1) is 0 Å². The normalized spacial score (nSPS) is 23.9. The van der Waals surface area contributed by atoms with Crippen LogP contribution in [0.2, 0.25) is 0 Å². The molecule has 2 amide bonds. The molecule has 0 spiro atoms. The highest BCUT2D eigenvalue weighted by molar-refractivity contribution is 6.23. The summed E-state index contributed by atoms with van der Waals surface area (Å²) >= 11 is 0. The molecule has 3 aromatic carbocycles. The molecule has 4 aliphatic rings. The van der Waals surface area contributed by atoms with E-state index < -0.39 is 11.8 Å². The van der Waals surface area contributed by atoms with Crippen molar-refractivity contribution in [3.63, 3.8) is 0 Å². The standard InChI is InChI=1S/C28H26N2O4/c1-29(2)15-5-7-16(8-6-15)30-27(31)25-23-20-12-10-18(34-4)14-22(20)24(26(25)28(30)32)19-11-9-17(33-3)13-21(19)23/h5-14,23-26H,1-4H3/t23-,24-,25-,26+/m0/s1. The maximum atomic E-state index is 13.9. The summed E-state index contributed by atoms with van der Waals surface area (Å²) in [6.45, 7) is 0. The minimum absolute atomic E-state index is 0.127. The zero-order chi connectivity index (χ0) is 23.7. The summed E-state index contributed by atoms with van der Waals surface area (Å²) in [6.07, 6.45) is 0. The van der Waals surface area contributed by atoms with Crippen LogP contribution < -0.4 is 19.3 Å². The molecular weight excluding hydrogens is 428 g/mol. The second-order valence-corrected chi connectivity index (χ2v) is 9.42. The SMILES string of the molecule is COc1ccc2c(c1)[C@@H]1c3ccc(OC)cc3[C@H]2[C@@H]2C(=O)N(c3ccc(N(C)C)cc3)C(=O)[C@H]12. The number of nitrogens with zero attached hydrogens (tertiary/aromatic N) is 2. The average Bonchev–Trinajstić information content (AvgIpc) is 3.13. The molecule has 172 valence electrons. The van der Waals surface area contributed by atoms with Crippen LogP contribution in [0, 0.1) is 11.8 Å². The third kappa shape index (κ3) is 2.68. The smallest absolute Gasteiger partial charge is 0.238 e. The molecule has 3 aliphatic carbocycles. The average molecular weight is 455 g/mol. The Morgan fingerprint density at radius 3 is 1.56 bits per heavy atom. The van der Waals surface area contributed by atoms with Gasteiger partial charge in [0.05, 0.1) is 31.7 Å². The fraction of sp³-hybridized carbons (Fsp3) is 0.286. The Kier molecular flexibility index (Phi) is 4.49. The van der Waals surface area contributed by atoms with Crippen LogP contribution in [0.15, 0.2) is 60.7 Å². The Labute approximate surface area is 198 Å². The first kappa shape index (κ1) is 20.8. The van der Waals surface area contributed by atoms with E-state index in [1.54, 1.807) is 14.2 Å². The number of hydrogen-bond acceptors (Lipinski definition) is 5. The largest absolute Gasteiger partial charge is 0.497 e. The molecule has 34 heavy (non-hydrogen) atoms. The Hall–Kier alpha value is -3.80. The molecule has 0 radical (unpaired) electrons. The van der Waals surface area contributed by atoms with Gasteiger partial charge in [-0.3, -0.25) is 9.59 Å². The number of imide groups is 1. The highest BCUT2D eigenvalue weighted by atomic mass is 16.5. The van der Waals surface area contributed by atoms with E-state index in [2.05, 4.69) is 12.1 Å². The van der Waals surface area contributed by atoms with Gasteiger partial charge in [-0.25, -0.2) is 4.90 Å². The van der Waals surface area contributed by atoms with Crippen LogP contribution in [0.4, 0.5) is 11.4 Å². The highest BCUT2D eigenvalue weighted by Gasteiger charge is 2.62. The molecule has 2 bridgehead atoms. The summed E-state index contributed by atoms with van der Waals surface area (Å²) in [7, 11) is 7.22. The lowest BCUT2D eigenvalue weighted by Gasteiger charge is -2.46. The van der Waals surface area contributed by atoms with E-state index in [4.69, 9.17) is 9.47 Å². The minimum atomic E-state index is -0.438. The van der Waals surface area contributed by atoms with E-state index >= 15 is 0 Å². The first-order valence-corrected chi connectivity index (χ1v) is 11.5. The Morgan fingerprint density at radius 1 is 0.676 bits per heavy atom. The summed E-state index contributed by atoms with van der Waals surface area (Å²) in [4.78, 5) is 31.2. The van der Waals surface area contributed by atoms with E-state index in [1.807, 2.05) is 67.5 Å². The predicted octanol–water partition coefficient (Wildman–Crippen LogP) is 4.17. The van der Waals surface area contributed by atoms with Crippen molar-refractivity contribution in [2.75, 3.05) is 38.1 Å². The number of methoxy groups -OCH3 is 2. The van der Waals surface area contributed by atoms with Crippen molar-refractivity contribution in [2.24, 2.45) is 11.8 Å². The van der Waals surface area contributed by atoms with Gasteiger partial charge in [-0.1, -0.05) is 12.1 Å². The van der Waals surface area contributed by atoms with Crippen molar-refractivity contribution in [3.05, 3.63) is 82.9 Å². The molecule has 6 nitrogen and oxygen atoms in total. The monoisotopic (exact) mass is 454 g/mol. The Balaban J connectivity index is 1.51. The molecule has 4 atom stereocenters. The fourth-order valence-corrected chi connectivity index (χ4v) is 6.14. The third-order valence-corrected chi connectivity index (χ3v) is 7.67. The van der Waals surface area contributed by atoms with Gasteiger partial charge in [0.1, 0.15) is 11.5 Å². The molecule has 0 aromatic heterocycles. The molecular formula is C28H26N2O4. The number of benzene rings is 3. The molecule has 6 heteroatoms. The summed E-state index contributed by atoms with van der Waals surface area (Å²) in [5.74, 6) is -0.0308. The van der Waals surface area contributed by atoms with Gasteiger partial charge in [0.2, 0.25) is 11.8 Å². The van der Waals surface area contributed by atoms with Gasteiger partial charge in [0.15, 0.2) is 0 Å². The quantitative estimate of drug-likeness (QED) is 0.554. The van der Waals surface area contributed by atoms with Crippen LogP contribution in [0.1, 0.15) is 34.1 Å². The van der Waals surface area contributed by atoms with Gasteiger partial charge in [-0.05, 0) is 70.8 Å². The molecule has 0 N–H and O–H groups in total. The van der Waals surface area contributed by atoms with Crippen molar-refractivity contribution in [3.8, 4) is 11.5 Å². The summed E-state index contributed by atoms with van der Waals surface area (Å²) < 4.78 is 11.0. The summed E-state index contributed by atoms with van der Waals surface area (Å²) in [5, 5.41) is 0. The van der Waals surface area contributed by atoms with E-state index in [-0.39, 0.29) is 23.7 Å². The van der Waals surface area contributed by atoms with E-state index in [1.165, 1.54) is 4.90 Å². The van der Waals surface area contributed by atoms with Crippen molar-refractivity contribution < 1.29 is 19.1 Å². The van der Waals surface area contributed by atoms with Crippen molar-refractivity contribution in [2.45, 2.75) is 11.8 Å². The first-order valence-electron chi connectivity index (χ1n) is 11.5. The van der Waals surface area contributed by atoms with Crippen LogP contribution in [0.5, 0.6) is 11.5 Å². The van der Waals surface area contributed by atoms with E-state index in [0.29, 0.717) is 5.69 Å². The van der Waals surface area contributed by atoms with Crippen molar-refractivity contribution in [1.82, 2.24) is 0 Å². The van der Waals surface area contributed by atoms with Gasteiger partial charge in [-0.2, -0.15) is 0 Å².